The summed E-state index contributed by atoms with van der Waals surface area (Å²) in [5.74, 6) is -2.58. The van der Waals surface area contributed by atoms with Gasteiger partial charge in [-0.15, -0.1) is 0 Å². The minimum absolute atomic E-state index is 0.0177. The highest BCUT2D eigenvalue weighted by Crippen LogP contribution is 2.20. The lowest BCUT2D eigenvalue weighted by Crippen LogP contribution is -2.56. The third-order valence-corrected chi connectivity index (χ3v) is 10.1. The quantitative estimate of drug-likeness (QED) is 0.0509. The number of nitrogens with one attached hydrogen (secondary N) is 5. The summed E-state index contributed by atoms with van der Waals surface area (Å²) in [6, 6.07) is 12.3. The van der Waals surface area contributed by atoms with E-state index in [1.165, 1.54) is 0 Å². The van der Waals surface area contributed by atoms with Gasteiger partial charge in [0.05, 0.1) is 17.4 Å². The van der Waals surface area contributed by atoms with Gasteiger partial charge in [0.25, 0.3) is 0 Å². The number of carbonyl (C=O) groups excluding carboxylic acids is 5. The minimum atomic E-state index is -1.15. The molecule has 0 spiro atoms. The van der Waals surface area contributed by atoms with Crippen LogP contribution in [0.15, 0.2) is 61.2 Å². The molecule has 0 radical (unpaired) electrons. The number of hydrogen-bond donors (Lipinski definition) is 8. The molecular formula is C50H72N10O8. The van der Waals surface area contributed by atoms with Crippen molar-refractivity contribution in [1.82, 2.24) is 35.8 Å². The number of benzene rings is 2. The molecule has 0 aliphatic carbocycles. The number of nitrogens with two attached hydrogens (primary N) is 2. The van der Waals surface area contributed by atoms with Crippen LogP contribution in [0.5, 0.6) is 0 Å². The molecule has 4 rings (SSSR count). The average Bonchev–Trinajstić information content (AvgIpc) is 3.69. The number of pyridine rings is 1. The number of fused-ring (bicyclic) bond motifs is 1. The minimum Gasteiger partial charge on any atom is -0.481 e. The third-order valence-electron chi connectivity index (χ3n) is 10.1. The molecule has 0 bridgehead atoms. The Morgan fingerprint density at radius 1 is 0.868 bits per heavy atom. The summed E-state index contributed by atoms with van der Waals surface area (Å²) in [7, 11) is 0. The van der Waals surface area contributed by atoms with Gasteiger partial charge in [-0.25, -0.2) is 14.8 Å². The van der Waals surface area contributed by atoms with Crippen molar-refractivity contribution in [3.63, 3.8) is 0 Å². The number of hydrogen-bond acceptors (Lipinski definition) is 11. The van der Waals surface area contributed by atoms with Crippen molar-refractivity contribution in [3.8, 4) is 0 Å². The Bertz CT molecular complexity index is 2400. The topological polar surface area (TPSA) is 275 Å². The normalized spacial score (nSPS) is 11.8. The van der Waals surface area contributed by atoms with Gasteiger partial charge in [-0.2, -0.15) is 0 Å². The number of carbonyl (C=O) groups is 6. The molecule has 0 saturated carbocycles. The van der Waals surface area contributed by atoms with Gasteiger partial charge >= 0.3 is 12.1 Å². The number of imidazole rings is 1. The summed E-state index contributed by atoms with van der Waals surface area (Å²) >= 11 is 0. The first-order valence-electron chi connectivity index (χ1n) is 23.2. The van der Waals surface area contributed by atoms with E-state index < -0.39 is 60.2 Å². The van der Waals surface area contributed by atoms with Crippen molar-refractivity contribution in [3.05, 3.63) is 94.3 Å². The van der Waals surface area contributed by atoms with Gasteiger partial charge in [-0.05, 0) is 60.5 Å². The number of aromatic nitrogens is 3. The van der Waals surface area contributed by atoms with E-state index in [4.69, 9.17) is 26.3 Å². The van der Waals surface area contributed by atoms with Crippen LogP contribution in [-0.2, 0) is 54.8 Å². The number of alkyl carbamates (subject to hydrolysis) is 1. The molecule has 0 fully saturated rings. The van der Waals surface area contributed by atoms with Gasteiger partial charge in [0.1, 0.15) is 30.0 Å². The maximum Gasteiger partial charge on any atom is 0.407 e. The highest BCUT2D eigenvalue weighted by molar-refractivity contribution is 5.97. The highest BCUT2D eigenvalue weighted by atomic mass is 16.5. The summed E-state index contributed by atoms with van der Waals surface area (Å²) in [5, 5.41) is 23.4. The van der Waals surface area contributed by atoms with Gasteiger partial charge in [0, 0.05) is 43.3 Å². The molecule has 2 atom stereocenters. The van der Waals surface area contributed by atoms with E-state index in [9.17, 15) is 28.8 Å². The zero-order chi connectivity index (χ0) is 50.8. The van der Waals surface area contributed by atoms with Crippen molar-refractivity contribution >= 4 is 70.9 Å². The molecule has 68 heavy (non-hydrogen) atoms. The number of aryl methyl sites for hydroxylation is 1. The van der Waals surface area contributed by atoms with Crippen LogP contribution in [0, 0.1) is 5.92 Å². The molecule has 18 nitrogen and oxygen atoms in total. The number of nitrogens with zero attached hydrogens (tertiary/aromatic N) is 3. The van der Waals surface area contributed by atoms with E-state index in [2.05, 4.69) is 63.1 Å². The number of carboxylic acids is 1. The number of ether oxygens (including phenoxy) is 1. The van der Waals surface area contributed by atoms with Crippen LogP contribution in [0.3, 0.4) is 0 Å². The van der Waals surface area contributed by atoms with Crippen LogP contribution < -0.4 is 48.6 Å². The molecule has 0 aliphatic rings. The Morgan fingerprint density at radius 2 is 1.50 bits per heavy atom. The molecule has 5 amide bonds. The van der Waals surface area contributed by atoms with Gasteiger partial charge in [0.15, 0.2) is 5.82 Å². The fourth-order valence-corrected chi connectivity index (χ4v) is 6.44. The molecule has 10 N–H and O–H groups in total. The summed E-state index contributed by atoms with van der Waals surface area (Å²) < 4.78 is 7.56. The summed E-state index contributed by atoms with van der Waals surface area (Å²) in [6.07, 6.45) is 6.41. The fraction of sp³-hybridized carbons (Fsp3) is 0.440. The second-order valence-corrected chi connectivity index (χ2v) is 15.8. The maximum absolute atomic E-state index is 13.0. The van der Waals surface area contributed by atoms with Crippen molar-refractivity contribution in [2.75, 3.05) is 24.1 Å². The zero-order valence-electron chi connectivity index (χ0n) is 40.7. The standard InChI is InChI=1S/C45H57N9O8.C3H9N.C2H6/c1-7-10-12-35-52-40-41(33(11-8-2)28(6)49-42(40)46)54(35)25-30-15-13-29(14-16-30)23-48-45(61)62-26-31-17-19-32(20-18-31)50-37(56)24-47-44(60)39(27(4)5)53-43(59)34(21-22-38(57)58)51-36(55)9-3;1-2-3-4;1-2/h8,11,13-20,27,34,39H,2,6-7,9-10,12,21-26H2,1,3-5H3,(H2,46,49)(H,47,60)(H,48,61)(H,50,56)(H,51,55)(H,53,59)(H,57,58);2-4H2,1H3;1-2H3/b33-11+;;/t34-,39?;;/m0../s1. The first-order valence-corrected chi connectivity index (χ1v) is 23.2. The Morgan fingerprint density at radius 3 is 2.07 bits per heavy atom. The SMILES string of the molecule is C=C/C=c1\c(=C)nc(N)c2nc(CCCC)n(Cc3ccc(CNC(=O)OCc4ccc(NC(=O)CNC(=O)C(NC(=O)[C@H](CCC(=O)O)NC(=O)CC)C(C)C)cc4)cc3)c12.CC.CCCN. The molecule has 4 aromatic rings. The first-order chi connectivity index (χ1) is 32.5. The molecule has 2 aromatic carbocycles. The molecule has 2 aromatic heterocycles. The van der Waals surface area contributed by atoms with Crippen molar-refractivity contribution in [1.29, 1.82) is 0 Å². The molecule has 18 heteroatoms. The number of rotatable bonds is 23. The van der Waals surface area contributed by atoms with Crippen molar-refractivity contribution in [2.45, 2.75) is 125 Å². The lowest BCUT2D eigenvalue weighted by Gasteiger charge is -2.25. The fourth-order valence-electron chi connectivity index (χ4n) is 6.44. The van der Waals surface area contributed by atoms with E-state index in [0.29, 0.717) is 34.5 Å². The van der Waals surface area contributed by atoms with E-state index in [1.54, 1.807) is 51.1 Å². The van der Waals surface area contributed by atoms with Crippen molar-refractivity contribution in [2.24, 2.45) is 11.7 Å². The Balaban J connectivity index is 0.00000251. The maximum atomic E-state index is 13.0. The van der Waals surface area contributed by atoms with Gasteiger partial charge < -0.3 is 52.5 Å². The van der Waals surface area contributed by atoms with E-state index >= 15 is 0 Å². The van der Waals surface area contributed by atoms with Gasteiger partial charge in [-0.3, -0.25) is 24.0 Å². The molecule has 1 unspecified atom stereocenters. The number of allylic oxidation sites excluding steroid dienone is 1. The van der Waals surface area contributed by atoms with Gasteiger partial charge in [0.2, 0.25) is 23.6 Å². The average molecular weight is 941 g/mol. The molecule has 370 valence electrons. The predicted molar refractivity (Wildman–Crippen MR) is 267 cm³/mol. The summed E-state index contributed by atoms with van der Waals surface area (Å²) in [4.78, 5) is 83.4. The Kier molecular flexibility index (Phi) is 25.4. The van der Waals surface area contributed by atoms with Crippen LogP contribution in [0.4, 0.5) is 16.3 Å². The summed E-state index contributed by atoms with van der Waals surface area (Å²) in [6.45, 7) is 22.3. The van der Waals surface area contributed by atoms with Crippen molar-refractivity contribution < 1.29 is 38.6 Å². The Hall–Kier alpha value is -7.08. The van der Waals surface area contributed by atoms with E-state index in [1.807, 2.05) is 44.2 Å². The molecule has 0 saturated heterocycles. The van der Waals surface area contributed by atoms with Gasteiger partial charge in [-0.1, -0.05) is 117 Å². The number of nitrogen functional groups attached to an aromatic ring is 1. The molecular weight excluding hydrogens is 869 g/mol. The second-order valence-electron chi connectivity index (χ2n) is 15.8. The predicted octanol–water partition coefficient (Wildman–Crippen LogP) is 4.54. The lowest BCUT2D eigenvalue weighted by atomic mass is 10.0. The number of carboxylic acid groups (broad SMARTS) is 1. The second kappa shape index (κ2) is 30.3. The Labute approximate surface area is 399 Å². The number of unbranched alkanes of at least 4 members (excludes halogenated alkanes) is 1. The molecule has 0 aliphatic heterocycles. The van der Waals surface area contributed by atoms with E-state index in [0.717, 1.165) is 59.9 Å². The number of amides is 5. The smallest absolute Gasteiger partial charge is 0.407 e. The number of anilines is 2. The molecule has 2 heterocycles. The van der Waals surface area contributed by atoms with Crippen LogP contribution in [0.2, 0.25) is 0 Å². The third kappa shape index (κ3) is 18.7. The summed E-state index contributed by atoms with van der Waals surface area (Å²) in [5.41, 5.74) is 15.8. The van der Waals surface area contributed by atoms with Crippen LogP contribution in [-0.4, -0.2) is 80.5 Å². The first kappa shape index (κ1) is 57.0. The highest BCUT2D eigenvalue weighted by Gasteiger charge is 2.29. The van der Waals surface area contributed by atoms with Crippen LogP contribution in [0.1, 0.15) is 110 Å². The largest absolute Gasteiger partial charge is 0.481 e. The zero-order valence-corrected chi connectivity index (χ0v) is 40.7. The van der Waals surface area contributed by atoms with Crippen LogP contribution >= 0.6 is 0 Å². The lowest BCUT2D eigenvalue weighted by molar-refractivity contribution is -0.138. The van der Waals surface area contributed by atoms with Crippen LogP contribution in [0.25, 0.3) is 23.7 Å². The monoisotopic (exact) mass is 941 g/mol. The number of aliphatic carboxylic acids is 1. The van der Waals surface area contributed by atoms with E-state index in [-0.39, 0.29) is 32.4 Å².